The summed E-state index contributed by atoms with van der Waals surface area (Å²) in [4.78, 5) is 34.3. The third-order valence-electron chi connectivity index (χ3n) is 9.38. The molecule has 0 aliphatic rings. The molecule has 0 radical (unpaired) electrons. The molecule has 0 saturated carbocycles. The van der Waals surface area contributed by atoms with Gasteiger partial charge in [0.2, 0.25) is 6.08 Å². The molecule has 0 fully saturated rings. The first-order chi connectivity index (χ1) is 32.0. The summed E-state index contributed by atoms with van der Waals surface area (Å²) in [5, 5.41) is 9.30. The van der Waals surface area contributed by atoms with E-state index in [0.29, 0.717) is 66.4 Å². The Morgan fingerprint density at radius 2 is 1.19 bits per heavy atom. The zero-order valence-corrected chi connectivity index (χ0v) is 38.6. The summed E-state index contributed by atoms with van der Waals surface area (Å²) in [6.07, 6.45) is 7.04. The van der Waals surface area contributed by atoms with Crippen LogP contribution in [0.15, 0.2) is 139 Å². The molecule has 4 aromatic carbocycles. The number of aliphatic imine (C=N–C) groups is 1. The van der Waals surface area contributed by atoms with E-state index in [4.69, 9.17) is 61.6 Å². The van der Waals surface area contributed by atoms with Gasteiger partial charge in [0.1, 0.15) is 38.8 Å². The van der Waals surface area contributed by atoms with Crippen LogP contribution in [0.4, 0.5) is 24.5 Å². The second kappa shape index (κ2) is 22.5. The lowest BCUT2D eigenvalue weighted by atomic mass is 10.0. The largest absolute Gasteiger partial charge is 0.456 e. The highest BCUT2D eigenvalue weighted by atomic mass is 35.5. The van der Waals surface area contributed by atoms with Crippen molar-refractivity contribution in [2.75, 3.05) is 5.73 Å². The molecule has 0 atom stereocenters. The van der Waals surface area contributed by atoms with Gasteiger partial charge in [-0.2, -0.15) is 28.4 Å². The first-order valence-corrected chi connectivity index (χ1v) is 21.3. The van der Waals surface area contributed by atoms with Gasteiger partial charge in [0.25, 0.3) is 0 Å². The smallest absolute Gasteiger partial charge is 0.417 e. The van der Waals surface area contributed by atoms with Gasteiger partial charge in [-0.1, -0.05) is 64.6 Å². The van der Waals surface area contributed by atoms with E-state index in [2.05, 4.69) is 25.2 Å². The summed E-state index contributed by atoms with van der Waals surface area (Å²) >= 11 is 24.2. The number of nitrogens with two attached hydrogens (primary N) is 1. The van der Waals surface area contributed by atoms with Crippen molar-refractivity contribution in [3.8, 4) is 45.5 Å². The lowest BCUT2D eigenvalue weighted by molar-refractivity contribution is -0.137. The maximum atomic E-state index is 13.0. The number of benzene rings is 4. The number of rotatable bonds is 11. The Hall–Kier alpha value is -7.00. The van der Waals surface area contributed by atoms with Crippen molar-refractivity contribution in [1.29, 1.82) is 0 Å². The molecular weight excluding hydrogens is 951 g/mol. The SMILES string of the molecule is Cc1cc(N=C=O)ccc1Cl.Cn1cc(-c2nccc(Oc3ccc(CC(=O)Cc4ccc(Cl)c(C(F)(F)F)c4)cc3)c2Cl)cn1.Cn1cc(-c2nccc(Oc3ccc(N)cc3)c2Cl)cn1. The van der Waals surface area contributed by atoms with Gasteiger partial charge in [0.15, 0.2) is 0 Å². The van der Waals surface area contributed by atoms with Crippen molar-refractivity contribution in [2.24, 2.45) is 19.1 Å². The number of hydrogen-bond donors (Lipinski definition) is 1. The van der Waals surface area contributed by atoms with Crippen LogP contribution in [0.1, 0.15) is 22.3 Å². The van der Waals surface area contributed by atoms with Gasteiger partial charge in [0, 0.05) is 85.7 Å². The monoisotopic (exact) mass is 986 g/mol. The van der Waals surface area contributed by atoms with Crippen LogP contribution >= 0.6 is 46.4 Å². The Bertz CT molecular complexity index is 3050. The molecule has 2 N–H and O–H groups in total. The predicted octanol–water partition coefficient (Wildman–Crippen LogP) is 13.1. The molecule has 0 spiro atoms. The molecule has 8 aromatic rings. The number of carbonyl (C=O) groups excluding carboxylic acids is 2. The Morgan fingerprint density at radius 3 is 1.67 bits per heavy atom. The fourth-order valence-electron chi connectivity index (χ4n) is 6.13. The number of hydrogen-bond acceptors (Lipinski definition) is 10. The summed E-state index contributed by atoms with van der Waals surface area (Å²) in [7, 11) is 3.63. The molecular formula is C48H37Cl4F3N8O4. The number of Topliss-reactive ketones (excluding diaryl/α,β-unsaturated/α-hetero) is 1. The molecule has 4 aromatic heterocycles. The maximum Gasteiger partial charge on any atom is 0.417 e. The summed E-state index contributed by atoms with van der Waals surface area (Å²) in [5.74, 6) is 1.88. The van der Waals surface area contributed by atoms with Gasteiger partial charge in [-0.15, -0.1) is 0 Å². The van der Waals surface area contributed by atoms with Crippen LogP contribution in [0.5, 0.6) is 23.0 Å². The molecule has 8 rings (SSSR count). The first kappa shape index (κ1) is 49.4. The van der Waals surface area contributed by atoms with Crippen molar-refractivity contribution in [3.05, 3.63) is 177 Å². The fourth-order valence-corrected chi connectivity index (χ4v) is 6.99. The zero-order valence-electron chi connectivity index (χ0n) is 35.6. The van der Waals surface area contributed by atoms with Crippen molar-refractivity contribution in [1.82, 2.24) is 29.5 Å². The Balaban J connectivity index is 0.000000194. The standard InChI is InChI=1S/C25H18Cl2F3N3O2.C15H13ClN4O.C8H6ClNO/c1-33-14-17(13-32-33)24-23(27)22(8-9-31-24)35-19-5-2-15(3-6-19)10-18(34)11-16-4-7-21(26)20(12-16)25(28,29)30;1-20-9-10(8-19-20)15-14(16)13(6-7-18-15)21-12-4-2-11(17)3-5-12;1-6-4-7(10-5-11)2-3-8(6)9/h2-9,12-14H,10-11H2,1H3;2-9H,17H2,1H3;2-4H,1H3. The Labute approximate surface area is 402 Å². The van der Waals surface area contributed by atoms with E-state index in [0.717, 1.165) is 28.8 Å². The van der Waals surface area contributed by atoms with E-state index in [9.17, 15) is 22.8 Å². The predicted molar refractivity (Wildman–Crippen MR) is 253 cm³/mol. The highest BCUT2D eigenvalue weighted by Gasteiger charge is 2.33. The molecule has 0 saturated heterocycles. The normalized spacial score (nSPS) is 10.8. The van der Waals surface area contributed by atoms with Crippen LogP contribution < -0.4 is 15.2 Å². The maximum absolute atomic E-state index is 13.0. The highest BCUT2D eigenvalue weighted by molar-refractivity contribution is 6.35. The molecule has 19 heteroatoms. The molecule has 0 aliphatic heterocycles. The molecule has 12 nitrogen and oxygen atoms in total. The quantitative estimate of drug-likeness (QED) is 0.0758. The van der Waals surface area contributed by atoms with Crippen LogP contribution in [-0.4, -0.2) is 41.4 Å². The second-order valence-corrected chi connectivity index (χ2v) is 16.1. The van der Waals surface area contributed by atoms with Gasteiger partial charge < -0.3 is 15.2 Å². The van der Waals surface area contributed by atoms with Crippen LogP contribution in [0.25, 0.3) is 22.5 Å². The Morgan fingerprint density at radius 1 is 0.701 bits per heavy atom. The number of alkyl halides is 3. The minimum atomic E-state index is -4.58. The number of pyridine rings is 2. The average Bonchev–Trinajstić information content (AvgIpc) is 3.93. The number of nitrogens with zero attached hydrogens (tertiary/aromatic N) is 7. The van der Waals surface area contributed by atoms with E-state index in [1.54, 1.807) is 126 Å². The van der Waals surface area contributed by atoms with E-state index >= 15 is 0 Å². The third-order valence-corrected chi connectivity index (χ3v) is 10.9. The minimum absolute atomic E-state index is 0.0609. The average molecular weight is 989 g/mol. The molecule has 0 amide bonds. The van der Waals surface area contributed by atoms with Crippen molar-refractivity contribution in [3.63, 3.8) is 0 Å². The van der Waals surface area contributed by atoms with Crippen LogP contribution in [-0.2, 0) is 42.7 Å². The molecule has 67 heavy (non-hydrogen) atoms. The van der Waals surface area contributed by atoms with Crippen LogP contribution in [0.3, 0.4) is 0 Å². The van der Waals surface area contributed by atoms with Gasteiger partial charge in [-0.25, -0.2) is 4.79 Å². The summed E-state index contributed by atoms with van der Waals surface area (Å²) in [6.45, 7) is 1.85. The van der Waals surface area contributed by atoms with E-state index < -0.39 is 16.8 Å². The zero-order chi connectivity index (χ0) is 48.3. The molecule has 0 bridgehead atoms. The van der Waals surface area contributed by atoms with E-state index in [1.807, 2.05) is 20.2 Å². The summed E-state index contributed by atoms with van der Waals surface area (Å²) in [5.41, 5.74) is 10.6. The lowest BCUT2D eigenvalue weighted by Crippen LogP contribution is -2.10. The number of aromatic nitrogens is 6. The van der Waals surface area contributed by atoms with Gasteiger partial charge in [0.05, 0.1) is 40.1 Å². The number of ether oxygens (including phenoxy) is 2. The van der Waals surface area contributed by atoms with Crippen LogP contribution in [0.2, 0.25) is 20.1 Å². The van der Waals surface area contributed by atoms with Gasteiger partial charge >= 0.3 is 6.18 Å². The number of aryl methyl sites for hydroxylation is 3. The summed E-state index contributed by atoms with van der Waals surface area (Å²) < 4.78 is 54.1. The molecule has 342 valence electrons. The number of ketones is 1. The number of anilines is 1. The molecule has 0 unspecified atom stereocenters. The van der Waals surface area contributed by atoms with E-state index in [-0.39, 0.29) is 24.2 Å². The van der Waals surface area contributed by atoms with E-state index in [1.165, 1.54) is 12.1 Å². The molecule has 0 aliphatic carbocycles. The fraction of sp³-hybridized carbons (Fsp3) is 0.125. The summed E-state index contributed by atoms with van der Waals surface area (Å²) in [6, 6.07) is 25.9. The van der Waals surface area contributed by atoms with Gasteiger partial charge in [-0.05, 0) is 90.3 Å². The van der Waals surface area contributed by atoms with Crippen molar-refractivity contribution >= 4 is 69.6 Å². The Kier molecular flexibility index (Phi) is 16.6. The number of halogens is 7. The van der Waals surface area contributed by atoms with Gasteiger partial charge in [-0.3, -0.25) is 24.1 Å². The lowest BCUT2D eigenvalue weighted by Gasteiger charge is -2.11. The minimum Gasteiger partial charge on any atom is -0.456 e. The highest BCUT2D eigenvalue weighted by Crippen LogP contribution is 2.38. The third kappa shape index (κ3) is 13.8. The van der Waals surface area contributed by atoms with Crippen molar-refractivity contribution < 1.29 is 32.2 Å². The second-order valence-electron chi connectivity index (χ2n) is 14.5. The van der Waals surface area contributed by atoms with Crippen LogP contribution in [0, 0.1) is 6.92 Å². The van der Waals surface area contributed by atoms with Crippen molar-refractivity contribution in [2.45, 2.75) is 25.9 Å². The molecule has 4 heterocycles. The number of carbonyl (C=O) groups is 1. The number of nitrogen functional groups attached to an aromatic ring is 1. The number of isocyanates is 1. The first-order valence-electron chi connectivity index (χ1n) is 19.8. The topological polar surface area (TPSA) is 152 Å².